The van der Waals surface area contributed by atoms with Gasteiger partial charge >= 0.3 is 0 Å². The van der Waals surface area contributed by atoms with Crippen LogP contribution in [0.4, 0.5) is 0 Å². The van der Waals surface area contributed by atoms with E-state index in [0.717, 1.165) is 6.54 Å². The normalized spacial score (nSPS) is 20.2. The second kappa shape index (κ2) is 5.93. The molecule has 0 aromatic rings. The number of hydrogen-bond donors (Lipinski definition) is 1. The standard InChI is InChI=1S/C15H28N2O2/c1-10(2)12(11(3)4)9-17-8-7-13(18)16-15(5,6)14(17)19/h10-12H,7-9H2,1-6H3,(H,16,18). The molecule has 1 heterocycles. The van der Waals surface area contributed by atoms with E-state index in [0.29, 0.717) is 30.7 Å². The van der Waals surface area contributed by atoms with Crippen LogP contribution in [-0.4, -0.2) is 35.3 Å². The van der Waals surface area contributed by atoms with Crippen molar-refractivity contribution in [2.75, 3.05) is 13.1 Å². The second-order valence-electron chi connectivity index (χ2n) is 6.83. The molecule has 2 amide bonds. The Bertz CT molecular complexity index is 340. The molecule has 4 heteroatoms. The highest BCUT2D eigenvalue weighted by Crippen LogP contribution is 2.24. The number of carbonyl (C=O) groups is 2. The lowest BCUT2D eigenvalue weighted by atomic mass is 9.85. The molecule has 1 fully saturated rings. The third kappa shape index (κ3) is 3.95. The Morgan fingerprint density at radius 1 is 1.16 bits per heavy atom. The molecular formula is C15H28N2O2. The zero-order valence-corrected chi connectivity index (χ0v) is 13.1. The van der Waals surface area contributed by atoms with Crippen molar-refractivity contribution < 1.29 is 9.59 Å². The minimum Gasteiger partial charge on any atom is -0.342 e. The van der Waals surface area contributed by atoms with Crippen molar-refractivity contribution in [1.29, 1.82) is 0 Å². The van der Waals surface area contributed by atoms with Crippen LogP contribution >= 0.6 is 0 Å². The summed E-state index contributed by atoms with van der Waals surface area (Å²) in [6.45, 7) is 13.6. The highest BCUT2D eigenvalue weighted by Gasteiger charge is 2.37. The van der Waals surface area contributed by atoms with Gasteiger partial charge in [0, 0.05) is 19.5 Å². The van der Waals surface area contributed by atoms with Gasteiger partial charge < -0.3 is 10.2 Å². The van der Waals surface area contributed by atoms with E-state index in [4.69, 9.17) is 0 Å². The molecule has 0 bridgehead atoms. The number of rotatable bonds is 4. The Kier molecular flexibility index (Phi) is 4.99. The molecule has 1 aliphatic heterocycles. The van der Waals surface area contributed by atoms with Crippen LogP contribution in [0.3, 0.4) is 0 Å². The minimum absolute atomic E-state index is 0.0321. The molecule has 1 N–H and O–H groups in total. The van der Waals surface area contributed by atoms with E-state index < -0.39 is 5.54 Å². The highest BCUT2D eigenvalue weighted by atomic mass is 16.2. The van der Waals surface area contributed by atoms with E-state index in [-0.39, 0.29) is 11.8 Å². The molecule has 4 nitrogen and oxygen atoms in total. The Morgan fingerprint density at radius 3 is 2.16 bits per heavy atom. The fraction of sp³-hybridized carbons (Fsp3) is 0.867. The van der Waals surface area contributed by atoms with Gasteiger partial charge in [-0.25, -0.2) is 0 Å². The van der Waals surface area contributed by atoms with Crippen LogP contribution in [-0.2, 0) is 9.59 Å². The molecule has 1 rings (SSSR count). The summed E-state index contributed by atoms with van der Waals surface area (Å²) >= 11 is 0. The quantitative estimate of drug-likeness (QED) is 0.848. The Morgan fingerprint density at radius 2 is 1.68 bits per heavy atom. The molecule has 0 aliphatic carbocycles. The van der Waals surface area contributed by atoms with Gasteiger partial charge in [-0.1, -0.05) is 27.7 Å². The first kappa shape index (κ1) is 16.0. The van der Waals surface area contributed by atoms with Crippen LogP contribution in [0.1, 0.15) is 48.0 Å². The average molecular weight is 268 g/mol. The number of nitrogens with one attached hydrogen (secondary N) is 1. The van der Waals surface area contributed by atoms with Crippen molar-refractivity contribution in [2.24, 2.45) is 17.8 Å². The van der Waals surface area contributed by atoms with Crippen LogP contribution in [0, 0.1) is 17.8 Å². The Balaban J connectivity index is 2.86. The van der Waals surface area contributed by atoms with Crippen LogP contribution in [0.2, 0.25) is 0 Å². The maximum atomic E-state index is 12.5. The Labute approximate surface area is 116 Å². The van der Waals surface area contributed by atoms with Crippen molar-refractivity contribution in [3.05, 3.63) is 0 Å². The van der Waals surface area contributed by atoms with E-state index >= 15 is 0 Å². The smallest absolute Gasteiger partial charge is 0.247 e. The van der Waals surface area contributed by atoms with Crippen molar-refractivity contribution in [1.82, 2.24) is 10.2 Å². The van der Waals surface area contributed by atoms with E-state index in [1.165, 1.54) is 0 Å². The summed E-state index contributed by atoms with van der Waals surface area (Å²) in [5.74, 6) is 1.52. The fourth-order valence-corrected chi connectivity index (χ4v) is 2.82. The zero-order chi connectivity index (χ0) is 14.8. The number of carbonyl (C=O) groups excluding carboxylic acids is 2. The van der Waals surface area contributed by atoms with Crippen LogP contribution in [0.25, 0.3) is 0 Å². The lowest BCUT2D eigenvalue weighted by Gasteiger charge is -2.34. The maximum Gasteiger partial charge on any atom is 0.247 e. The SMILES string of the molecule is CC(C)C(CN1CCC(=O)NC(C)(C)C1=O)C(C)C. The van der Waals surface area contributed by atoms with Gasteiger partial charge in [-0.3, -0.25) is 9.59 Å². The van der Waals surface area contributed by atoms with E-state index in [1.54, 1.807) is 13.8 Å². The lowest BCUT2D eigenvalue weighted by Crippen LogP contribution is -2.53. The van der Waals surface area contributed by atoms with Gasteiger partial charge in [-0.05, 0) is 31.6 Å². The number of hydrogen-bond acceptors (Lipinski definition) is 2. The highest BCUT2D eigenvalue weighted by molar-refractivity contribution is 5.92. The van der Waals surface area contributed by atoms with Crippen LogP contribution in [0.5, 0.6) is 0 Å². The van der Waals surface area contributed by atoms with E-state index in [1.807, 2.05) is 4.90 Å². The van der Waals surface area contributed by atoms with Gasteiger partial charge in [0.1, 0.15) is 5.54 Å². The first-order chi connectivity index (χ1) is 8.65. The average Bonchev–Trinajstić information content (AvgIpc) is 2.34. The van der Waals surface area contributed by atoms with Gasteiger partial charge in [0.2, 0.25) is 11.8 Å². The first-order valence-electron chi connectivity index (χ1n) is 7.25. The van der Waals surface area contributed by atoms with E-state index in [2.05, 4.69) is 33.0 Å². The summed E-state index contributed by atoms with van der Waals surface area (Å²) in [5.41, 5.74) is -0.786. The summed E-state index contributed by atoms with van der Waals surface area (Å²) in [6.07, 6.45) is 0.401. The monoisotopic (exact) mass is 268 g/mol. The van der Waals surface area contributed by atoms with Crippen LogP contribution < -0.4 is 5.32 Å². The van der Waals surface area contributed by atoms with Crippen molar-refractivity contribution in [3.63, 3.8) is 0 Å². The largest absolute Gasteiger partial charge is 0.342 e. The topological polar surface area (TPSA) is 49.4 Å². The van der Waals surface area contributed by atoms with Crippen molar-refractivity contribution in [2.45, 2.75) is 53.5 Å². The summed E-state index contributed by atoms with van der Waals surface area (Å²) in [5, 5.41) is 2.80. The fourth-order valence-electron chi connectivity index (χ4n) is 2.82. The van der Waals surface area contributed by atoms with Gasteiger partial charge in [0.15, 0.2) is 0 Å². The van der Waals surface area contributed by atoms with Gasteiger partial charge in [0.05, 0.1) is 0 Å². The molecule has 110 valence electrons. The van der Waals surface area contributed by atoms with Crippen molar-refractivity contribution in [3.8, 4) is 0 Å². The zero-order valence-electron chi connectivity index (χ0n) is 13.1. The van der Waals surface area contributed by atoms with E-state index in [9.17, 15) is 9.59 Å². The first-order valence-corrected chi connectivity index (χ1v) is 7.25. The molecule has 19 heavy (non-hydrogen) atoms. The number of amides is 2. The molecule has 1 aliphatic rings. The third-order valence-electron chi connectivity index (χ3n) is 4.03. The molecular weight excluding hydrogens is 240 g/mol. The summed E-state index contributed by atoms with van der Waals surface area (Å²) in [6, 6.07) is 0. The van der Waals surface area contributed by atoms with Gasteiger partial charge in [-0.15, -0.1) is 0 Å². The summed E-state index contributed by atoms with van der Waals surface area (Å²) < 4.78 is 0. The molecule has 0 radical (unpaired) electrons. The lowest BCUT2D eigenvalue weighted by molar-refractivity contribution is -0.138. The Hall–Kier alpha value is -1.06. The predicted molar refractivity (Wildman–Crippen MR) is 76.6 cm³/mol. The van der Waals surface area contributed by atoms with Gasteiger partial charge in [0.25, 0.3) is 0 Å². The number of nitrogens with zero attached hydrogens (tertiary/aromatic N) is 1. The summed E-state index contributed by atoms with van der Waals surface area (Å²) in [7, 11) is 0. The van der Waals surface area contributed by atoms with Crippen LogP contribution in [0.15, 0.2) is 0 Å². The second-order valence-corrected chi connectivity index (χ2v) is 6.83. The molecule has 0 spiro atoms. The molecule has 0 unspecified atom stereocenters. The molecule has 0 atom stereocenters. The maximum absolute atomic E-state index is 12.5. The molecule has 0 aromatic heterocycles. The van der Waals surface area contributed by atoms with Crippen molar-refractivity contribution >= 4 is 11.8 Å². The minimum atomic E-state index is -0.786. The summed E-state index contributed by atoms with van der Waals surface area (Å²) in [4.78, 5) is 26.0. The molecule has 1 saturated heterocycles. The molecule has 0 saturated carbocycles. The van der Waals surface area contributed by atoms with Gasteiger partial charge in [-0.2, -0.15) is 0 Å². The molecule has 0 aromatic carbocycles. The predicted octanol–water partition coefficient (Wildman–Crippen LogP) is 2.04. The third-order valence-corrected chi connectivity index (χ3v) is 4.03.